The van der Waals surface area contributed by atoms with Gasteiger partial charge in [0, 0.05) is 32.6 Å². The second-order valence-corrected chi connectivity index (χ2v) is 11.2. The molecular weight excluding hydrogens is 499 g/mol. The van der Waals surface area contributed by atoms with Gasteiger partial charge in [-0.15, -0.1) is 0 Å². The summed E-state index contributed by atoms with van der Waals surface area (Å²) in [7, 11) is 3.46. The van der Waals surface area contributed by atoms with Crippen molar-refractivity contribution >= 4 is 17.7 Å². The Kier molecular flexibility index (Phi) is 8.71. The van der Waals surface area contributed by atoms with Crippen molar-refractivity contribution in [1.82, 2.24) is 20.4 Å². The van der Waals surface area contributed by atoms with Gasteiger partial charge < -0.3 is 25.2 Å². The number of benzene rings is 2. The van der Waals surface area contributed by atoms with E-state index in [2.05, 4.69) is 10.6 Å². The van der Waals surface area contributed by atoms with Crippen LogP contribution in [-0.2, 0) is 25.7 Å². The lowest BCUT2D eigenvalue weighted by Crippen LogP contribution is -2.60. The molecule has 2 aromatic carbocycles. The van der Waals surface area contributed by atoms with Crippen molar-refractivity contribution in [3.8, 4) is 0 Å². The number of likely N-dealkylation sites (N-methyl/N-ethyl adjacent to an activating group) is 2. The minimum atomic E-state index is -0.914. The average molecular weight is 539 g/mol. The van der Waals surface area contributed by atoms with Crippen molar-refractivity contribution in [3.63, 3.8) is 0 Å². The van der Waals surface area contributed by atoms with Crippen LogP contribution < -0.4 is 10.6 Å². The van der Waals surface area contributed by atoms with E-state index < -0.39 is 17.0 Å². The molecule has 2 aliphatic rings. The maximum atomic E-state index is 13.9. The summed E-state index contributed by atoms with van der Waals surface area (Å²) in [5, 5.41) is 5.86. The molecule has 2 aliphatic heterocycles. The molecule has 2 N–H and O–H groups in total. The van der Waals surface area contributed by atoms with E-state index >= 15 is 0 Å². The van der Waals surface area contributed by atoms with Gasteiger partial charge in [-0.25, -0.2) is 4.39 Å². The highest BCUT2D eigenvalue weighted by Gasteiger charge is 2.56. The second-order valence-electron chi connectivity index (χ2n) is 11.2. The number of halogens is 1. The third-order valence-corrected chi connectivity index (χ3v) is 8.20. The molecular formula is C30H39FN4O4. The number of rotatable bonds is 9. The van der Waals surface area contributed by atoms with Gasteiger partial charge in [-0.3, -0.25) is 14.4 Å². The maximum Gasteiger partial charge on any atom is 0.247 e. The topological polar surface area (TPSA) is 91.0 Å². The highest BCUT2D eigenvalue weighted by Crippen LogP contribution is 2.49. The Bertz CT molecular complexity index is 1170. The number of carbonyl (C=O) groups excluding carboxylic acids is 3. The first-order valence-corrected chi connectivity index (χ1v) is 13.5. The Hall–Kier alpha value is -3.30. The lowest BCUT2D eigenvalue weighted by molar-refractivity contribution is -0.147. The molecule has 39 heavy (non-hydrogen) atoms. The molecule has 1 spiro atoms. The summed E-state index contributed by atoms with van der Waals surface area (Å²) < 4.78 is 19.6. The Balaban J connectivity index is 1.55. The zero-order valence-corrected chi connectivity index (χ0v) is 23.2. The molecule has 4 rings (SSSR count). The van der Waals surface area contributed by atoms with Gasteiger partial charge in [-0.05, 0) is 57.0 Å². The van der Waals surface area contributed by atoms with E-state index in [1.807, 2.05) is 30.3 Å². The molecule has 2 aromatic rings. The molecule has 0 radical (unpaired) electrons. The molecule has 8 nitrogen and oxygen atoms in total. The summed E-state index contributed by atoms with van der Waals surface area (Å²) in [6.45, 7) is 5.00. The molecule has 9 heteroatoms. The quantitative estimate of drug-likeness (QED) is 0.513. The van der Waals surface area contributed by atoms with Crippen molar-refractivity contribution in [2.75, 3.05) is 40.3 Å². The normalized spacial score (nSPS) is 22.3. The number of piperidine rings is 1. The van der Waals surface area contributed by atoms with E-state index in [0.29, 0.717) is 32.5 Å². The van der Waals surface area contributed by atoms with Gasteiger partial charge in [-0.1, -0.05) is 42.5 Å². The predicted molar refractivity (Wildman–Crippen MR) is 146 cm³/mol. The van der Waals surface area contributed by atoms with Crippen LogP contribution in [0.2, 0.25) is 0 Å². The largest absolute Gasteiger partial charge is 0.374 e. The van der Waals surface area contributed by atoms with Crippen LogP contribution in [0.3, 0.4) is 0 Å². The average Bonchev–Trinajstić information content (AvgIpc) is 3.17. The molecule has 0 aromatic heterocycles. The molecule has 2 heterocycles. The molecule has 210 valence electrons. The van der Waals surface area contributed by atoms with Crippen LogP contribution in [0.25, 0.3) is 0 Å². The van der Waals surface area contributed by atoms with Crippen molar-refractivity contribution in [2.45, 2.75) is 50.8 Å². The van der Waals surface area contributed by atoms with E-state index in [4.69, 9.17) is 4.74 Å². The van der Waals surface area contributed by atoms with E-state index in [0.717, 1.165) is 11.1 Å². The fraction of sp³-hybridized carbons (Fsp3) is 0.500. The molecule has 0 aliphatic carbocycles. The van der Waals surface area contributed by atoms with Crippen LogP contribution in [0.15, 0.2) is 54.6 Å². The monoisotopic (exact) mass is 538 g/mol. The van der Waals surface area contributed by atoms with Crippen LogP contribution in [-0.4, -0.2) is 79.4 Å². The van der Waals surface area contributed by atoms with Crippen molar-refractivity contribution in [3.05, 3.63) is 71.5 Å². The van der Waals surface area contributed by atoms with Gasteiger partial charge in [0.05, 0.1) is 24.2 Å². The van der Waals surface area contributed by atoms with Crippen LogP contribution in [0.1, 0.15) is 43.7 Å². The number of nitrogens with one attached hydrogen (secondary N) is 2. The maximum absolute atomic E-state index is 13.9. The Morgan fingerprint density at radius 3 is 2.51 bits per heavy atom. The SMILES string of the molecule is CNC(C)(C)C(=O)N[C@H](COCc1ccccc1)C(=O)N1CCCC2(C1)C(=O)N(C)CC2c1ccc(F)cc1. The van der Waals surface area contributed by atoms with E-state index in [1.165, 1.54) is 12.1 Å². The zero-order valence-electron chi connectivity index (χ0n) is 23.2. The van der Waals surface area contributed by atoms with E-state index in [1.54, 1.807) is 49.9 Å². The highest BCUT2D eigenvalue weighted by molar-refractivity contribution is 5.93. The van der Waals surface area contributed by atoms with Gasteiger partial charge in [-0.2, -0.15) is 0 Å². The van der Waals surface area contributed by atoms with Gasteiger partial charge in [0.15, 0.2) is 0 Å². The minimum Gasteiger partial charge on any atom is -0.374 e. The first kappa shape index (κ1) is 28.7. The standard InChI is InChI=1S/C30H39FN4O4/c1-29(2,32-3)27(37)33-25(19-39-18-21-9-6-5-7-10-21)26(36)35-16-8-15-30(20-35)24(17-34(4)28(30)38)22-11-13-23(31)14-12-22/h5-7,9-14,24-25,32H,8,15-20H2,1-4H3,(H,33,37)/t24?,25-,30?/m1/s1. The van der Waals surface area contributed by atoms with Crippen molar-refractivity contribution < 1.29 is 23.5 Å². The molecule has 3 amide bonds. The van der Waals surface area contributed by atoms with Crippen LogP contribution in [0.5, 0.6) is 0 Å². The smallest absolute Gasteiger partial charge is 0.247 e. The fourth-order valence-electron chi connectivity index (χ4n) is 5.63. The number of likely N-dealkylation sites (tertiary alicyclic amines) is 2. The summed E-state index contributed by atoms with van der Waals surface area (Å²) in [5.41, 5.74) is 0.155. The van der Waals surface area contributed by atoms with Gasteiger partial charge in [0.25, 0.3) is 0 Å². The number of carbonyl (C=O) groups is 3. The lowest BCUT2D eigenvalue weighted by Gasteiger charge is -2.43. The highest BCUT2D eigenvalue weighted by atomic mass is 19.1. The lowest BCUT2D eigenvalue weighted by atomic mass is 9.69. The number of amides is 3. The number of hydrogen-bond donors (Lipinski definition) is 2. The van der Waals surface area contributed by atoms with Crippen LogP contribution in [0.4, 0.5) is 4.39 Å². The summed E-state index contributed by atoms with van der Waals surface area (Å²) in [6.07, 6.45) is 1.28. The molecule has 2 unspecified atom stereocenters. The number of nitrogens with zero attached hydrogens (tertiary/aromatic N) is 2. The fourth-order valence-corrected chi connectivity index (χ4v) is 5.63. The van der Waals surface area contributed by atoms with Crippen molar-refractivity contribution in [2.24, 2.45) is 5.41 Å². The number of ether oxygens (including phenoxy) is 1. The first-order valence-electron chi connectivity index (χ1n) is 13.5. The van der Waals surface area contributed by atoms with Crippen LogP contribution >= 0.6 is 0 Å². The van der Waals surface area contributed by atoms with Gasteiger partial charge in [0.1, 0.15) is 11.9 Å². The Labute approximate surface area is 229 Å². The van der Waals surface area contributed by atoms with Gasteiger partial charge in [0.2, 0.25) is 17.7 Å². The molecule has 3 atom stereocenters. The van der Waals surface area contributed by atoms with E-state index in [9.17, 15) is 18.8 Å². The predicted octanol–water partition coefficient (Wildman–Crippen LogP) is 2.69. The van der Waals surface area contributed by atoms with E-state index in [-0.39, 0.29) is 42.6 Å². The molecule has 2 saturated heterocycles. The Morgan fingerprint density at radius 1 is 1.15 bits per heavy atom. The molecule has 0 saturated carbocycles. The minimum absolute atomic E-state index is 0.00198. The summed E-state index contributed by atoms with van der Waals surface area (Å²) in [4.78, 5) is 44.0. The van der Waals surface area contributed by atoms with Crippen molar-refractivity contribution in [1.29, 1.82) is 0 Å². The first-order chi connectivity index (χ1) is 18.6. The summed E-state index contributed by atoms with van der Waals surface area (Å²) in [5.74, 6) is -1.10. The summed E-state index contributed by atoms with van der Waals surface area (Å²) >= 11 is 0. The van der Waals surface area contributed by atoms with Crippen LogP contribution in [0, 0.1) is 11.2 Å². The summed E-state index contributed by atoms with van der Waals surface area (Å²) in [6, 6.07) is 15.0. The third-order valence-electron chi connectivity index (χ3n) is 8.20. The third kappa shape index (κ3) is 6.15. The molecule has 2 fully saturated rings. The van der Waals surface area contributed by atoms with Gasteiger partial charge >= 0.3 is 0 Å². The molecule has 0 bridgehead atoms. The Morgan fingerprint density at radius 2 is 1.85 bits per heavy atom. The zero-order chi connectivity index (χ0) is 28.2. The number of hydrogen-bond acceptors (Lipinski definition) is 5. The second kappa shape index (κ2) is 11.8.